The Hall–Kier alpha value is -3.80. The van der Waals surface area contributed by atoms with E-state index >= 15 is 0 Å². The Balaban J connectivity index is 1.43. The molecule has 1 atom stereocenters. The second kappa shape index (κ2) is 9.82. The van der Waals surface area contributed by atoms with Crippen LogP contribution in [0.25, 0.3) is 16.8 Å². The van der Waals surface area contributed by atoms with E-state index in [0.717, 1.165) is 75.0 Å². The minimum Gasteiger partial charge on any atom is -0.473 e. The molecule has 2 saturated heterocycles. The smallest absolute Gasteiger partial charge is 0.180 e. The van der Waals surface area contributed by atoms with Crippen molar-refractivity contribution in [3.05, 3.63) is 108 Å². The molecule has 3 aliphatic rings. The molecule has 0 radical (unpaired) electrons. The van der Waals surface area contributed by atoms with Crippen LogP contribution in [-0.4, -0.2) is 52.6 Å². The average Bonchev–Trinajstić information content (AvgIpc) is 3.01. The SMILES string of the molecule is C1=CC(c2ccccc2)(c2ccccc2N2CCOCC2)Oc2cc(N3CCOCC3)c3ccccc3c21. The molecule has 2 fully saturated rings. The maximum absolute atomic E-state index is 7.26. The van der Waals surface area contributed by atoms with Crippen LogP contribution in [-0.2, 0) is 15.1 Å². The molecule has 0 saturated carbocycles. The van der Waals surface area contributed by atoms with E-state index in [0.29, 0.717) is 0 Å². The first-order valence-electron chi connectivity index (χ1n) is 13.6. The van der Waals surface area contributed by atoms with Gasteiger partial charge in [0.1, 0.15) is 5.75 Å². The topological polar surface area (TPSA) is 34.2 Å². The number of para-hydroxylation sites is 1. The molecular weight excluding hydrogens is 472 g/mol. The third-order valence-corrected chi connectivity index (χ3v) is 7.99. The van der Waals surface area contributed by atoms with Crippen molar-refractivity contribution < 1.29 is 14.2 Å². The predicted molar refractivity (Wildman–Crippen MR) is 153 cm³/mol. The van der Waals surface area contributed by atoms with Gasteiger partial charge in [-0.1, -0.05) is 72.8 Å². The van der Waals surface area contributed by atoms with Crippen molar-refractivity contribution >= 4 is 28.2 Å². The molecule has 192 valence electrons. The van der Waals surface area contributed by atoms with Crippen LogP contribution in [0.5, 0.6) is 5.75 Å². The minimum atomic E-state index is -0.756. The number of benzene rings is 4. The second-order valence-corrected chi connectivity index (χ2v) is 10.1. The molecule has 0 aliphatic carbocycles. The van der Waals surface area contributed by atoms with E-state index in [1.54, 1.807) is 0 Å². The summed E-state index contributed by atoms with van der Waals surface area (Å²) in [7, 11) is 0. The lowest BCUT2D eigenvalue weighted by atomic mass is 9.82. The number of anilines is 2. The van der Waals surface area contributed by atoms with Gasteiger partial charge in [-0.05, 0) is 23.6 Å². The zero-order valence-electron chi connectivity index (χ0n) is 21.5. The number of ether oxygens (including phenoxy) is 3. The van der Waals surface area contributed by atoms with Crippen molar-refractivity contribution in [3.63, 3.8) is 0 Å². The molecule has 3 heterocycles. The van der Waals surface area contributed by atoms with Crippen molar-refractivity contribution in [2.45, 2.75) is 5.60 Å². The molecule has 1 unspecified atom stereocenters. The van der Waals surface area contributed by atoms with Crippen LogP contribution in [0, 0.1) is 0 Å². The van der Waals surface area contributed by atoms with Gasteiger partial charge in [-0.2, -0.15) is 0 Å². The molecular formula is C33H32N2O3. The molecule has 5 heteroatoms. The van der Waals surface area contributed by atoms with Crippen molar-refractivity contribution in [1.82, 2.24) is 0 Å². The zero-order chi connectivity index (χ0) is 25.4. The van der Waals surface area contributed by atoms with Gasteiger partial charge < -0.3 is 24.0 Å². The van der Waals surface area contributed by atoms with Crippen LogP contribution in [0.15, 0.2) is 91.0 Å². The highest BCUT2D eigenvalue weighted by Gasteiger charge is 2.40. The highest BCUT2D eigenvalue weighted by atomic mass is 16.5. The van der Waals surface area contributed by atoms with Crippen LogP contribution >= 0.6 is 0 Å². The summed E-state index contributed by atoms with van der Waals surface area (Å²) in [4.78, 5) is 4.86. The van der Waals surface area contributed by atoms with Gasteiger partial charge in [0.25, 0.3) is 0 Å². The van der Waals surface area contributed by atoms with Crippen LogP contribution in [0.1, 0.15) is 16.7 Å². The summed E-state index contributed by atoms with van der Waals surface area (Å²) < 4.78 is 18.6. The normalized spacial score (nSPS) is 21.3. The van der Waals surface area contributed by atoms with E-state index in [-0.39, 0.29) is 0 Å². The first-order valence-corrected chi connectivity index (χ1v) is 13.6. The summed E-state index contributed by atoms with van der Waals surface area (Å²) in [5, 5.41) is 2.47. The van der Waals surface area contributed by atoms with Crippen molar-refractivity contribution in [2.75, 3.05) is 62.4 Å². The lowest BCUT2D eigenvalue weighted by molar-refractivity contribution is 0.121. The molecule has 7 rings (SSSR count). The van der Waals surface area contributed by atoms with Gasteiger partial charge in [-0.15, -0.1) is 0 Å². The Morgan fingerprint density at radius 1 is 0.605 bits per heavy atom. The summed E-state index contributed by atoms with van der Waals surface area (Å²) in [5.41, 5.74) is 5.05. The number of hydrogen-bond acceptors (Lipinski definition) is 5. The lowest BCUT2D eigenvalue weighted by Crippen LogP contribution is -2.41. The predicted octanol–water partition coefficient (Wildman–Crippen LogP) is 5.86. The van der Waals surface area contributed by atoms with E-state index in [1.807, 2.05) is 0 Å². The van der Waals surface area contributed by atoms with Crippen LogP contribution in [0.2, 0.25) is 0 Å². The average molecular weight is 505 g/mol. The van der Waals surface area contributed by atoms with Gasteiger partial charge in [-0.25, -0.2) is 0 Å². The van der Waals surface area contributed by atoms with Gasteiger partial charge in [-0.3, -0.25) is 0 Å². The number of morpholine rings is 2. The highest BCUT2D eigenvalue weighted by molar-refractivity contribution is 6.02. The molecule has 0 N–H and O–H groups in total. The number of fused-ring (bicyclic) bond motifs is 3. The fraction of sp³-hybridized carbons (Fsp3) is 0.273. The summed E-state index contributed by atoms with van der Waals surface area (Å²) in [5.74, 6) is 0.910. The highest BCUT2D eigenvalue weighted by Crippen LogP contribution is 2.48. The maximum atomic E-state index is 7.26. The van der Waals surface area contributed by atoms with Crippen molar-refractivity contribution in [2.24, 2.45) is 0 Å². The first-order chi connectivity index (χ1) is 18.8. The molecule has 4 aromatic carbocycles. The standard InChI is InChI=1S/C33H32N2O3/c1-2-8-25(9-3-1)33(29-12-6-7-13-30(29)34-16-20-36-21-17-34)15-14-28-26-10-4-5-11-27(26)31(24-32(28)38-33)35-18-22-37-23-19-35/h1-15,24H,16-23H2. The summed E-state index contributed by atoms with van der Waals surface area (Å²) >= 11 is 0. The summed E-state index contributed by atoms with van der Waals surface area (Å²) in [6, 6.07) is 30.2. The quantitative estimate of drug-likeness (QED) is 0.348. The monoisotopic (exact) mass is 504 g/mol. The largest absolute Gasteiger partial charge is 0.473 e. The van der Waals surface area contributed by atoms with E-state index in [2.05, 4.69) is 107 Å². The zero-order valence-corrected chi connectivity index (χ0v) is 21.5. The number of hydrogen-bond donors (Lipinski definition) is 0. The van der Waals surface area contributed by atoms with Crippen molar-refractivity contribution in [3.8, 4) is 5.75 Å². The van der Waals surface area contributed by atoms with Crippen molar-refractivity contribution in [1.29, 1.82) is 0 Å². The van der Waals surface area contributed by atoms with E-state index in [1.165, 1.54) is 22.1 Å². The Morgan fingerprint density at radius 2 is 1.21 bits per heavy atom. The Kier molecular flexibility index (Phi) is 6.03. The molecule has 0 amide bonds. The molecule has 0 bridgehead atoms. The van der Waals surface area contributed by atoms with E-state index < -0.39 is 5.60 Å². The molecule has 4 aromatic rings. The van der Waals surface area contributed by atoms with Gasteiger partial charge in [0, 0.05) is 65.7 Å². The Bertz CT molecular complexity index is 1470. The number of nitrogens with zero attached hydrogens (tertiary/aromatic N) is 2. The molecule has 0 spiro atoms. The second-order valence-electron chi connectivity index (χ2n) is 10.1. The van der Waals surface area contributed by atoms with Crippen LogP contribution < -0.4 is 14.5 Å². The number of rotatable bonds is 4. The minimum absolute atomic E-state index is 0.737. The Morgan fingerprint density at radius 3 is 1.95 bits per heavy atom. The third-order valence-electron chi connectivity index (χ3n) is 7.99. The fourth-order valence-corrected chi connectivity index (χ4v) is 6.09. The molecule has 5 nitrogen and oxygen atoms in total. The summed E-state index contributed by atoms with van der Waals surface area (Å²) in [6.45, 7) is 6.45. The Labute approximate surface area is 223 Å². The third kappa shape index (κ3) is 3.94. The fourth-order valence-electron chi connectivity index (χ4n) is 6.09. The molecule has 3 aliphatic heterocycles. The summed E-state index contributed by atoms with van der Waals surface area (Å²) in [6.07, 6.45) is 4.53. The first kappa shape index (κ1) is 23.3. The van der Waals surface area contributed by atoms with Crippen LogP contribution in [0.4, 0.5) is 11.4 Å². The molecule has 0 aromatic heterocycles. The van der Waals surface area contributed by atoms with Crippen LogP contribution in [0.3, 0.4) is 0 Å². The van der Waals surface area contributed by atoms with Gasteiger partial charge in [0.2, 0.25) is 0 Å². The lowest BCUT2D eigenvalue weighted by Gasteiger charge is -2.40. The van der Waals surface area contributed by atoms with E-state index in [4.69, 9.17) is 14.2 Å². The van der Waals surface area contributed by atoms with Gasteiger partial charge >= 0.3 is 0 Å². The maximum Gasteiger partial charge on any atom is 0.180 e. The van der Waals surface area contributed by atoms with Gasteiger partial charge in [0.05, 0.1) is 26.4 Å². The van der Waals surface area contributed by atoms with E-state index in [9.17, 15) is 0 Å². The van der Waals surface area contributed by atoms with Gasteiger partial charge in [0.15, 0.2) is 5.60 Å². The molecule has 38 heavy (non-hydrogen) atoms.